The molecule has 3 aromatic carbocycles. The molecular formula is C26H32OSi. The van der Waals surface area contributed by atoms with E-state index in [-0.39, 0.29) is 11.0 Å². The largest absolute Gasteiger partial charge is 0.413 e. The van der Waals surface area contributed by atoms with Crippen molar-refractivity contribution >= 4 is 8.32 Å². The molecule has 0 unspecified atom stereocenters. The first-order valence-electron chi connectivity index (χ1n) is 10.1. The second kappa shape index (κ2) is 8.46. The maximum atomic E-state index is 6.47. The first-order chi connectivity index (χ1) is 13.3. The van der Waals surface area contributed by atoms with Crippen molar-refractivity contribution in [3.63, 3.8) is 0 Å². The van der Waals surface area contributed by atoms with Gasteiger partial charge in [-0.3, -0.25) is 0 Å². The molecular weight excluding hydrogens is 356 g/mol. The zero-order valence-electron chi connectivity index (χ0n) is 17.8. The molecule has 0 saturated heterocycles. The van der Waals surface area contributed by atoms with E-state index in [4.69, 9.17) is 4.43 Å². The first-order valence-corrected chi connectivity index (χ1v) is 13.0. The molecule has 2 heteroatoms. The van der Waals surface area contributed by atoms with Crippen LogP contribution in [0.2, 0.25) is 18.1 Å². The molecule has 0 amide bonds. The standard InChI is InChI=1S/C26H32OSi/c1-26(2,3)28(4,5)27-20-21-13-12-18-24(19-21)25(22-14-8-6-9-15-22)23-16-10-7-11-17-23/h6-19,25H,20H2,1-5H3. The van der Waals surface area contributed by atoms with E-state index in [2.05, 4.69) is 119 Å². The van der Waals surface area contributed by atoms with Crippen molar-refractivity contribution in [1.82, 2.24) is 0 Å². The van der Waals surface area contributed by atoms with Gasteiger partial charge in [-0.05, 0) is 40.4 Å². The van der Waals surface area contributed by atoms with Crippen LogP contribution in [0.4, 0.5) is 0 Å². The molecule has 0 spiro atoms. The predicted molar refractivity (Wildman–Crippen MR) is 122 cm³/mol. The van der Waals surface area contributed by atoms with E-state index in [1.165, 1.54) is 22.3 Å². The predicted octanol–water partition coefficient (Wildman–Crippen LogP) is 7.39. The second-order valence-corrected chi connectivity index (χ2v) is 13.9. The summed E-state index contributed by atoms with van der Waals surface area (Å²) in [6, 6.07) is 30.4. The van der Waals surface area contributed by atoms with Gasteiger partial charge in [0.15, 0.2) is 8.32 Å². The maximum Gasteiger partial charge on any atom is 0.192 e. The molecule has 3 rings (SSSR count). The fraction of sp³-hybridized carbons (Fsp3) is 0.308. The summed E-state index contributed by atoms with van der Waals surface area (Å²) in [5.74, 6) is 0.232. The molecule has 0 aromatic heterocycles. The molecule has 0 fully saturated rings. The second-order valence-electron chi connectivity index (χ2n) is 9.05. The van der Waals surface area contributed by atoms with Gasteiger partial charge in [-0.25, -0.2) is 0 Å². The summed E-state index contributed by atoms with van der Waals surface area (Å²) in [5, 5.41) is 0.223. The van der Waals surface area contributed by atoms with Crippen LogP contribution in [-0.4, -0.2) is 8.32 Å². The summed E-state index contributed by atoms with van der Waals surface area (Å²) < 4.78 is 6.47. The van der Waals surface area contributed by atoms with Crippen LogP contribution in [-0.2, 0) is 11.0 Å². The normalized spacial score (nSPS) is 12.4. The Balaban J connectivity index is 1.92. The number of rotatable bonds is 6. The van der Waals surface area contributed by atoms with Crippen molar-refractivity contribution in [2.24, 2.45) is 0 Å². The molecule has 1 nitrogen and oxygen atoms in total. The third-order valence-electron chi connectivity index (χ3n) is 5.96. The van der Waals surface area contributed by atoms with Gasteiger partial charge in [-0.1, -0.05) is 106 Å². The molecule has 0 aliphatic rings. The monoisotopic (exact) mass is 388 g/mol. The van der Waals surface area contributed by atoms with Gasteiger partial charge >= 0.3 is 0 Å². The van der Waals surface area contributed by atoms with Crippen molar-refractivity contribution in [1.29, 1.82) is 0 Å². The van der Waals surface area contributed by atoms with E-state index < -0.39 is 8.32 Å². The van der Waals surface area contributed by atoms with Crippen LogP contribution in [0.3, 0.4) is 0 Å². The molecule has 0 heterocycles. The highest BCUT2D eigenvalue weighted by atomic mass is 28.4. The Morgan fingerprint density at radius 2 is 1.21 bits per heavy atom. The van der Waals surface area contributed by atoms with Crippen LogP contribution in [0.25, 0.3) is 0 Å². The lowest BCUT2D eigenvalue weighted by Crippen LogP contribution is -2.40. The minimum absolute atomic E-state index is 0.223. The van der Waals surface area contributed by atoms with Crippen molar-refractivity contribution < 1.29 is 4.43 Å². The fourth-order valence-corrected chi connectivity index (χ4v) is 4.17. The van der Waals surface area contributed by atoms with Gasteiger partial charge in [0.25, 0.3) is 0 Å². The third-order valence-corrected chi connectivity index (χ3v) is 10.4. The van der Waals surface area contributed by atoms with Gasteiger partial charge in [-0.15, -0.1) is 0 Å². The van der Waals surface area contributed by atoms with Gasteiger partial charge in [0, 0.05) is 5.92 Å². The van der Waals surface area contributed by atoms with Crippen LogP contribution in [0.5, 0.6) is 0 Å². The maximum absolute atomic E-state index is 6.47. The summed E-state index contributed by atoms with van der Waals surface area (Å²) in [4.78, 5) is 0. The molecule has 0 saturated carbocycles. The van der Waals surface area contributed by atoms with E-state index in [0.717, 1.165) is 0 Å². The highest BCUT2D eigenvalue weighted by Crippen LogP contribution is 2.37. The Labute approximate surface area is 171 Å². The fourth-order valence-electron chi connectivity index (χ4n) is 3.21. The van der Waals surface area contributed by atoms with Gasteiger partial charge < -0.3 is 4.43 Å². The zero-order chi connectivity index (χ0) is 20.2. The molecule has 0 N–H and O–H groups in total. The van der Waals surface area contributed by atoms with E-state index in [1.54, 1.807) is 0 Å². The Hall–Kier alpha value is -2.16. The van der Waals surface area contributed by atoms with Crippen LogP contribution in [0, 0.1) is 0 Å². The van der Waals surface area contributed by atoms with Crippen molar-refractivity contribution in [3.8, 4) is 0 Å². The Morgan fingerprint density at radius 1 is 0.714 bits per heavy atom. The molecule has 0 aliphatic carbocycles. The topological polar surface area (TPSA) is 9.23 Å². The van der Waals surface area contributed by atoms with E-state index >= 15 is 0 Å². The van der Waals surface area contributed by atoms with Crippen molar-refractivity contribution in [3.05, 3.63) is 107 Å². The molecule has 28 heavy (non-hydrogen) atoms. The van der Waals surface area contributed by atoms with Crippen LogP contribution >= 0.6 is 0 Å². The molecule has 3 aromatic rings. The average molecular weight is 389 g/mol. The highest BCUT2D eigenvalue weighted by Gasteiger charge is 2.37. The smallest absolute Gasteiger partial charge is 0.192 e. The third kappa shape index (κ3) is 4.81. The van der Waals surface area contributed by atoms with Crippen LogP contribution < -0.4 is 0 Å². The number of benzene rings is 3. The Bertz CT molecular complexity index is 840. The van der Waals surface area contributed by atoms with Crippen molar-refractivity contribution in [2.45, 2.75) is 51.4 Å². The van der Waals surface area contributed by atoms with E-state index in [9.17, 15) is 0 Å². The van der Waals surface area contributed by atoms with Crippen molar-refractivity contribution in [2.75, 3.05) is 0 Å². The van der Waals surface area contributed by atoms with E-state index in [0.29, 0.717) is 6.61 Å². The van der Waals surface area contributed by atoms with Gasteiger partial charge in [0.2, 0.25) is 0 Å². The molecule has 0 aliphatic heterocycles. The van der Waals surface area contributed by atoms with Gasteiger partial charge in [0.1, 0.15) is 0 Å². The number of hydrogen-bond acceptors (Lipinski definition) is 1. The Morgan fingerprint density at radius 3 is 1.71 bits per heavy atom. The molecule has 146 valence electrons. The highest BCUT2D eigenvalue weighted by molar-refractivity contribution is 6.74. The van der Waals surface area contributed by atoms with Gasteiger partial charge in [0.05, 0.1) is 6.61 Å². The van der Waals surface area contributed by atoms with Crippen LogP contribution in [0.15, 0.2) is 84.9 Å². The zero-order valence-corrected chi connectivity index (χ0v) is 18.8. The average Bonchev–Trinajstić information content (AvgIpc) is 2.68. The quantitative estimate of drug-likeness (QED) is 0.316. The lowest BCUT2D eigenvalue weighted by Gasteiger charge is -2.36. The summed E-state index contributed by atoms with van der Waals surface area (Å²) in [6.45, 7) is 12.2. The first kappa shape index (κ1) is 20.6. The molecule has 0 bridgehead atoms. The summed E-state index contributed by atoms with van der Waals surface area (Å²) in [7, 11) is -1.76. The summed E-state index contributed by atoms with van der Waals surface area (Å²) >= 11 is 0. The SMILES string of the molecule is CC(C)(C)[Si](C)(C)OCc1cccc(C(c2ccccc2)c2ccccc2)c1. The molecule has 0 atom stereocenters. The number of hydrogen-bond donors (Lipinski definition) is 0. The summed E-state index contributed by atoms with van der Waals surface area (Å²) in [5.41, 5.74) is 5.19. The van der Waals surface area contributed by atoms with E-state index in [1.807, 2.05) is 0 Å². The minimum Gasteiger partial charge on any atom is -0.413 e. The lowest BCUT2D eigenvalue weighted by atomic mass is 9.85. The summed E-state index contributed by atoms with van der Waals surface area (Å²) in [6.07, 6.45) is 0. The minimum atomic E-state index is -1.76. The van der Waals surface area contributed by atoms with Crippen LogP contribution in [0.1, 0.15) is 48.9 Å². The Kier molecular flexibility index (Phi) is 6.22. The molecule has 0 radical (unpaired) electrons. The van der Waals surface area contributed by atoms with Gasteiger partial charge in [-0.2, -0.15) is 0 Å². The lowest BCUT2D eigenvalue weighted by molar-refractivity contribution is 0.276.